The quantitative estimate of drug-likeness (QED) is 0.677. The maximum atomic E-state index is 14.4. The minimum Gasteiger partial charge on any atom is -0.464 e. The molecule has 1 aliphatic carbocycles. The second-order valence-corrected chi connectivity index (χ2v) is 7.05. The Bertz CT molecular complexity index is 784. The minimum absolute atomic E-state index is 0.00242. The summed E-state index contributed by atoms with van der Waals surface area (Å²) in [4.78, 5) is 20.4. The van der Waals surface area contributed by atoms with Gasteiger partial charge in [0.15, 0.2) is 5.69 Å². The van der Waals surface area contributed by atoms with Crippen LogP contribution in [0.2, 0.25) is 5.02 Å². The van der Waals surface area contributed by atoms with Crippen molar-refractivity contribution in [1.82, 2.24) is 9.97 Å². The summed E-state index contributed by atoms with van der Waals surface area (Å²) in [5.41, 5.74) is 0.541. The summed E-state index contributed by atoms with van der Waals surface area (Å²) < 4.78 is 20.0. The van der Waals surface area contributed by atoms with Crippen LogP contribution in [-0.2, 0) is 4.74 Å². The van der Waals surface area contributed by atoms with Gasteiger partial charge in [-0.2, -0.15) is 0 Å². The van der Waals surface area contributed by atoms with E-state index in [1.54, 1.807) is 24.3 Å². The number of alkyl halides is 1. The third-order valence-corrected chi connectivity index (χ3v) is 4.76. The van der Waals surface area contributed by atoms with E-state index >= 15 is 0 Å². The van der Waals surface area contributed by atoms with E-state index in [4.69, 9.17) is 16.3 Å². The first-order valence-corrected chi connectivity index (χ1v) is 8.96. The molecule has 5 nitrogen and oxygen atoms in total. The highest BCUT2D eigenvalue weighted by Crippen LogP contribution is 2.39. The average molecular weight is 429 g/mol. The lowest BCUT2D eigenvalue weighted by Crippen LogP contribution is -2.15. The van der Waals surface area contributed by atoms with Crippen LogP contribution >= 0.6 is 27.5 Å². The van der Waals surface area contributed by atoms with Crippen molar-refractivity contribution < 1.29 is 13.9 Å². The number of carbonyl (C=O) groups is 1. The molecule has 1 aromatic heterocycles. The molecule has 132 valence electrons. The van der Waals surface area contributed by atoms with Gasteiger partial charge in [-0.1, -0.05) is 39.7 Å². The Morgan fingerprint density at radius 3 is 2.68 bits per heavy atom. The summed E-state index contributed by atoms with van der Waals surface area (Å²) >= 11 is 9.53. The highest BCUT2D eigenvalue weighted by Gasteiger charge is 2.30. The molecule has 0 aliphatic heterocycles. The molecule has 1 N–H and O–H groups in total. The summed E-state index contributed by atoms with van der Waals surface area (Å²) in [7, 11) is 1.26. The third-order valence-electron chi connectivity index (χ3n) is 3.87. The van der Waals surface area contributed by atoms with Gasteiger partial charge in [-0.05, 0) is 30.5 Å². The van der Waals surface area contributed by atoms with Gasteiger partial charge < -0.3 is 10.1 Å². The highest BCUT2D eigenvalue weighted by atomic mass is 79.9. The summed E-state index contributed by atoms with van der Waals surface area (Å²) in [6.45, 7) is -0.0247. The van der Waals surface area contributed by atoms with Gasteiger partial charge in [0, 0.05) is 10.4 Å². The number of methoxy groups -OCH3 is 1. The Labute approximate surface area is 158 Å². The Hall–Kier alpha value is -1.73. The number of carbonyl (C=O) groups excluding carboxylic acids is 1. The van der Waals surface area contributed by atoms with Crippen LogP contribution in [0.1, 0.15) is 46.8 Å². The van der Waals surface area contributed by atoms with Crippen molar-refractivity contribution >= 4 is 39.3 Å². The molecular weight excluding hydrogens is 413 g/mol. The van der Waals surface area contributed by atoms with Crippen molar-refractivity contribution in [3.05, 3.63) is 50.8 Å². The minimum atomic E-state index is -1.25. The van der Waals surface area contributed by atoms with Crippen molar-refractivity contribution in [2.45, 2.75) is 24.9 Å². The average Bonchev–Trinajstić information content (AvgIpc) is 3.45. The number of halogens is 3. The predicted octanol–water partition coefficient (Wildman–Crippen LogP) is 4.68. The number of hydrogen-bond acceptors (Lipinski definition) is 5. The van der Waals surface area contributed by atoms with Crippen LogP contribution in [0.25, 0.3) is 0 Å². The predicted molar refractivity (Wildman–Crippen MR) is 96.8 cm³/mol. The van der Waals surface area contributed by atoms with E-state index in [9.17, 15) is 9.18 Å². The van der Waals surface area contributed by atoms with Gasteiger partial charge >= 0.3 is 5.97 Å². The Balaban J connectivity index is 1.80. The zero-order valence-electron chi connectivity index (χ0n) is 13.4. The fraction of sp³-hybridized carbons (Fsp3) is 0.353. The number of aromatic nitrogens is 2. The number of nitrogens with one attached hydrogen (secondary N) is 1. The van der Waals surface area contributed by atoms with E-state index in [1.165, 1.54) is 7.11 Å². The smallest absolute Gasteiger partial charge is 0.358 e. The first-order chi connectivity index (χ1) is 12.0. The van der Waals surface area contributed by atoms with Crippen molar-refractivity contribution in [2.24, 2.45) is 0 Å². The number of ether oxygens (including phenoxy) is 1. The Kier molecular flexibility index (Phi) is 5.54. The summed E-state index contributed by atoms with van der Waals surface area (Å²) in [6, 6.07) is 6.96. The van der Waals surface area contributed by atoms with Gasteiger partial charge in [0.25, 0.3) is 0 Å². The lowest BCUT2D eigenvalue weighted by molar-refractivity contribution is 0.0593. The number of nitrogens with zero attached hydrogens (tertiary/aromatic N) is 2. The first kappa shape index (κ1) is 18.1. The van der Waals surface area contributed by atoms with Crippen LogP contribution in [-0.4, -0.2) is 29.6 Å². The van der Waals surface area contributed by atoms with Crippen LogP contribution in [0.4, 0.5) is 10.2 Å². The van der Waals surface area contributed by atoms with Gasteiger partial charge in [-0.25, -0.2) is 19.2 Å². The molecule has 1 unspecified atom stereocenters. The molecular formula is C17H16BrClFN3O2. The number of anilines is 1. The molecule has 1 atom stereocenters. The molecule has 1 aromatic carbocycles. The molecule has 1 saturated carbocycles. The topological polar surface area (TPSA) is 64.1 Å². The third kappa shape index (κ3) is 4.27. The van der Waals surface area contributed by atoms with Gasteiger partial charge in [0.2, 0.25) is 0 Å². The fourth-order valence-electron chi connectivity index (χ4n) is 2.31. The van der Waals surface area contributed by atoms with Crippen molar-refractivity contribution in [2.75, 3.05) is 19.0 Å². The zero-order chi connectivity index (χ0) is 18.0. The molecule has 25 heavy (non-hydrogen) atoms. The number of rotatable bonds is 6. The summed E-state index contributed by atoms with van der Waals surface area (Å²) in [5.74, 6) is 0.362. The standard InChI is InChI=1S/C17H16BrClFN3O2/c1-25-17(24)14-13(19)16(23-15(22-14)10-2-3-10)21-8-12(20)9-4-6-11(18)7-5-9/h4-7,10,12H,2-3,8H2,1H3,(H,21,22,23). The lowest BCUT2D eigenvalue weighted by Gasteiger charge is -2.14. The molecule has 1 heterocycles. The van der Waals surface area contributed by atoms with E-state index in [-0.39, 0.29) is 29.0 Å². The Morgan fingerprint density at radius 1 is 1.40 bits per heavy atom. The van der Waals surface area contributed by atoms with Crippen molar-refractivity contribution in [3.8, 4) is 0 Å². The monoisotopic (exact) mass is 427 g/mol. The van der Waals surface area contributed by atoms with Crippen LogP contribution in [0.15, 0.2) is 28.7 Å². The molecule has 1 aliphatic rings. The molecule has 3 rings (SSSR count). The van der Waals surface area contributed by atoms with E-state index in [0.717, 1.165) is 17.3 Å². The SMILES string of the molecule is COC(=O)c1nc(C2CC2)nc(NCC(F)c2ccc(Br)cc2)c1Cl. The molecule has 8 heteroatoms. The summed E-state index contributed by atoms with van der Waals surface area (Å²) in [6.07, 6.45) is 0.684. The second kappa shape index (κ2) is 7.66. The zero-order valence-corrected chi connectivity index (χ0v) is 15.8. The van der Waals surface area contributed by atoms with Gasteiger partial charge in [0.05, 0.1) is 13.7 Å². The van der Waals surface area contributed by atoms with Gasteiger partial charge in [-0.3, -0.25) is 0 Å². The molecule has 0 amide bonds. The van der Waals surface area contributed by atoms with Gasteiger partial charge in [-0.15, -0.1) is 0 Å². The second-order valence-electron chi connectivity index (χ2n) is 5.76. The van der Waals surface area contributed by atoms with E-state index in [2.05, 4.69) is 31.2 Å². The fourth-order valence-corrected chi connectivity index (χ4v) is 2.81. The first-order valence-electron chi connectivity index (χ1n) is 7.78. The van der Waals surface area contributed by atoms with Crippen molar-refractivity contribution in [1.29, 1.82) is 0 Å². The number of benzene rings is 1. The molecule has 2 aromatic rings. The van der Waals surface area contributed by atoms with Crippen LogP contribution in [0, 0.1) is 0 Å². The van der Waals surface area contributed by atoms with Gasteiger partial charge in [0.1, 0.15) is 22.8 Å². The molecule has 0 spiro atoms. The molecule has 1 fully saturated rings. The molecule has 0 bridgehead atoms. The molecule has 0 radical (unpaired) electrons. The van der Waals surface area contributed by atoms with Crippen LogP contribution in [0.3, 0.4) is 0 Å². The maximum Gasteiger partial charge on any atom is 0.358 e. The number of hydrogen-bond donors (Lipinski definition) is 1. The highest BCUT2D eigenvalue weighted by molar-refractivity contribution is 9.10. The lowest BCUT2D eigenvalue weighted by atomic mass is 10.1. The van der Waals surface area contributed by atoms with E-state index in [1.807, 2.05) is 0 Å². The number of esters is 1. The summed E-state index contributed by atoms with van der Waals surface area (Å²) in [5, 5.41) is 2.93. The normalized spacial score (nSPS) is 14.9. The van der Waals surface area contributed by atoms with Crippen LogP contribution < -0.4 is 5.32 Å². The largest absolute Gasteiger partial charge is 0.464 e. The van der Waals surface area contributed by atoms with E-state index in [0.29, 0.717) is 11.4 Å². The Morgan fingerprint density at radius 2 is 2.08 bits per heavy atom. The maximum absolute atomic E-state index is 14.4. The van der Waals surface area contributed by atoms with E-state index < -0.39 is 12.1 Å². The molecule has 0 saturated heterocycles. The van der Waals surface area contributed by atoms with Crippen LogP contribution in [0.5, 0.6) is 0 Å². The van der Waals surface area contributed by atoms with Crippen molar-refractivity contribution in [3.63, 3.8) is 0 Å².